The van der Waals surface area contributed by atoms with E-state index in [1.807, 2.05) is 0 Å². The second-order valence-corrected chi connectivity index (χ2v) is 3.95. The van der Waals surface area contributed by atoms with Crippen molar-refractivity contribution in [3.63, 3.8) is 0 Å². The van der Waals surface area contributed by atoms with Crippen molar-refractivity contribution < 1.29 is 4.74 Å². The third-order valence-electron chi connectivity index (χ3n) is 2.49. The van der Waals surface area contributed by atoms with E-state index < -0.39 is 0 Å². The molecule has 0 aliphatic carbocycles. The summed E-state index contributed by atoms with van der Waals surface area (Å²) in [6.07, 6.45) is 1.01. The number of hydrogen-bond donors (Lipinski definition) is 3. The lowest BCUT2D eigenvalue weighted by Crippen LogP contribution is -2.17. The van der Waals surface area contributed by atoms with Crippen molar-refractivity contribution in [2.75, 3.05) is 26.3 Å². The van der Waals surface area contributed by atoms with Crippen LogP contribution in [-0.2, 0) is 17.8 Å². The molecule has 17 heavy (non-hydrogen) atoms. The van der Waals surface area contributed by atoms with Gasteiger partial charge in [0.05, 0.1) is 6.61 Å². The maximum Gasteiger partial charge on any atom is 0.0588 e. The predicted molar refractivity (Wildman–Crippen MR) is 70.5 cm³/mol. The lowest BCUT2D eigenvalue weighted by atomic mass is 10.1. The first-order chi connectivity index (χ1) is 8.36. The molecule has 0 heterocycles. The summed E-state index contributed by atoms with van der Waals surface area (Å²) < 4.78 is 5.29. The fraction of sp³-hybridized carbons (Fsp3) is 0.538. The molecular weight excluding hydrogens is 214 g/mol. The third kappa shape index (κ3) is 6.38. The lowest BCUT2D eigenvalue weighted by Gasteiger charge is -2.06. The van der Waals surface area contributed by atoms with Crippen molar-refractivity contribution in [1.29, 1.82) is 0 Å². The molecule has 4 nitrogen and oxygen atoms in total. The highest BCUT2D eigenvalue weighted by Crippen LogP contribution is 2.03. The minimum Gasteiger partial charge on any atom is -0.380 e. The van der Waals surface area contributed by atoms with Crippen LogP contribution in [0.5, 0.6) is 0 Å². The lowest BCUT2D eigenvalue weighted by molar-refractivity contribution is 0.139. The largest absolute Gasteiger partial charge is 0.380 e. The van der Waals surface area contributed by atoms with Gasteiger partial charge in [-0.2, -0.15) is 0 Å². The van der Waals surface area contributed by atoms with Crippen molar-refractivity contribution in [3.05, 3.63) is 35.4 Å². The molecule has 1 rings (SSSR count). The number of rotatable bonds is 9. The molecule has 1 aromatic rings. The van der Waals surface area contributed by atoms with Gasteiger partial charge in [-0.1, -0.05) is 24.3 Å². The Kier molecular flexibility index (Phi) is 7.58. The smallest absolute Gasteiger partial charge is 0.0588 e. The van der Waals surface area contributed by atoms with Crippen LogP contribution in [0.4, 0.5) is 0 Å². The Morgan fingerprint density at radius 2 is 1.71 bits per heavy atom. The molecule has 0 saturated heterocycles. The maximum absolute atomic E-state index is 5.54. The van der Waals surface area contributed by atoms with E-state index in [2.05, 4.69) is 29.6 Å². The van der Waals surface area contributed by atoms with Gasteiger partial charge in [-0.3, -0.25) is 0 Å². The quantitative estimate of drug-likeness (QED) is 0.550. The van der Waals surface area contributed by atoms with Crippen molar-refractivity contribution >= 4 is 0 Å². The van der Waals surface area contributed by atoms with Crippen LogP contribution in [0.1, 0.15) is 17.5 Å². The van der Waals surface area contributed by atoms with Gasteiger partial charge in [-0.25, -0.2) is 0 Å². The van der Waals surface area contributed by atoms with Gasteiger partial charge in [0.25, 0.3) is 0 Å². The normalized spacial score (nSPS) is 10.7. The van der Waals surface area contributed by atoms with Gasteiger partial charge >= 0.3 is 0 Å². The summed E-state index contributed by atoms with van der Waals surface area (Å²) in [6, 6.07) is 8.36. The Balaban J connectivity index is 2.05. The highest BCUT2D eigenvalue weighted by atomic mass is 16.5. The van der Waals surface area contributed by atoms with E-state index in [1.165, 1.54) is 11.1 Å². The summed E-state index contributed by atoms with van der Waals surface area (Å²) in [4.78, 5) is 0. The molecule has 5 N–H and O–H groups in total. The van der Waals surface area contributed by atoms with Crippen LogP contribution in [0.15, 0.2) is 24.3 Å². The Morgan fingerprint density at radius 3 is 2.35 bits per heavy atom. The van der Waals surface area contributed by atoms with E-state index in [-0.39, 0.29) is 0 Å². The van der Waals surface area contributed by atoms with E-state index in [4.69, 9.17) is 16.2 Å². The molecule has 4 heteroatoms. The van der Waals surface area contributed by atoms with Gasteiger partial charge in [-0.05, 0) is 24.1 Å². The summed E-state index contributed by atoms with van der Waals surface area (Å²) >= 11 is 0. The van der Waals surface area contributed by atoms with Gasteiger partial charge < -0.3 is 21.5 Å². The fourth-order valence-corrected chi connectivity index (χ4v) is 1.51. The highest BCUT2D eigenvalue weighted by Gasteiger charge is 1.93. The number of ether oxygens (including phenoxy) is 1. The van der Waals surface area contributed by atoms with E-state index in [9.17, 15) is 0 Å². The monoisotopic (exact) mass is 237 g/mol. The van der Waals surface area contributed by atoms with Gasteiger partial charge in [0.15, 0.2) is 0 Å². The standard InChI is InChI=1S/C13H23N3O/c14-6-9-17-8-1-7-16-11-13-4-2-12(10-15)3-5-13/h2-5,16H,1,6-11,14-15H2. The van der Waals surface area contributed by atoms with E-state index in [0.717, 1.165) is 26.1 Å². The molecule has 0 bridgehead atoms. The van der Waals surface area contributed by atoms with Gasteiger partial charge in [-0.15, -0.1) is 0 Å². The van der Waals surface area contributed by atoms with Crippen LogP contribution in [0.2, 0.25) is 0 Å². The topological polar surface area (TPSA) is 73.3 Å². The minimum absolute atomic E-state index is 0.598. The molecule has 0 atom stereocenters. The molecule has 0 unspecified atom stereocenters. The molecule has 0 spiro atoms. The Hall–Kier alpha value is -0.940. The van der Waals surface area contributed by atoms with Crippen molar-refractivity contribution in [3.8, 4) is 0 Å². The van der Waals surface area contributed by atoms with Crippen LogP contribution in [0, 0.1) is 0 Å². The molecule has 0 aromatic heterocycles. The van der Waals surface area contributed by atoms with Crippen LogP contribution in [0.25, 0.3) is 0 Å². The van der Waals surface area contributed by atoms with Crippen LogP contribution >= 0.6 is 0 Å². The number of benzene rings is 1. The summed E-state index contributed by atoms with van der Waals surface area (Å²) in [5, 5.41) is 3.37. The average molecular weight is 237 g/mol. The van der Waals surface area contributed by atoms with Crippen molar-refractivity contribution in [2.45, 2.75) is 19.5 Å². The molecule has 0 radical (unpaired) electrons. The molecule has 0 aliphatic heterocycles. The average Bonchev–Trinajstić information content (AvgIpc) is 2.38. The minimum atomic E-state index is 0.598. The number of nitrogens with one attached hydrogen (secondary N) is 1. The van der Waals surface area contributed by atoms with Gasteiger partial charge in [0.2, 0.25) is 0 Å². The fourth-order valence-electron chi connectivity index (χ4n) is 1.51. The summed E-state index contributed by atoms with van der Waals surface area (Å²) in [5.41, 5.74) is 13.3. The molecule has 1 aromatic carbocycles. The predicted octanol–water partition coefficient (Wildman–Crippen LogP) is 0.600. The van der Waals surface area contributed by atoms with Crippen molar-refractivity contribution in [1.82, 2.24) is 5.32 Å². The molecule has 0 amide bonds. The number of hydrogen-bond acceptors (Lipinski definition) is 4. The van der Waals surface area contributed by atoms with Crippen molar-refractivity contribution in [2.24, 2.45) is 11.5 Å². The highest BCUT2D eigenvalue weighted by molar-refractivity contribution is 5.22. The Bertz CT molecular complexity index is 287. The van der Waals surface area contributed by atoms with Crippen LogP contribution in [-0.4, -0.2) is 26.3 Å². The zero-order valence-corrected chi connectivity index (χ0v) is 10.3. The molecule has 0 saturated carbocycles. The van der Waals surface area contributed by atoms with E-state index in [1.54, 1.807) is 0 Å². The maximum atomic E-state index is 5.54. The first-order valence-corrected chi connectivity index (χ1v) is 6.13. The first kappa shape index (κ1) is 14.1. The zero-order valence-electron chi connectivity index (χ0n) is 10.3. The van der Waals surface area contributed by atoms with Crippen LogP contribution < -0.4 is 16.8 Å². The molecule has 96 valence electrons. The number of nitrogens with two attached hydrogens (primary N) is 2. The zero-order chi connectivity index (χ0) is 12.3. The SMILES string of the molecule is NCCOCCCNCc1ccc(CN)cc1. The van der Waals surface area contributed by atoms with Crippen LogP contribution in [0.3, 0.4) is 0 Å². The van der Waals surface area contributed by atoms with Gasteiger partial charge in [0.1, 0.15) is 0 Å². The summed E-state index contributed by atoms with van der Waals surface area (Å²) in [5.74, 6) is 0. The summed E-state index contributed by atoms with van der Waals surface area (Å²) in [7, 11) is 0. The molecule has 0 fully saturated rings. The third-order valence-corrected chi connectivity index (χ3v) is 2.49. The first-order valence-electron chi connectivity index (χ1n) is 6.13. The molecule has 0 aliphatic rings. The summed E-state index contributed by atoms with van der Waals surface area (Å²) in [6.45, 7) is 4.48. The Labute approximate surface area is 103 Å². The second kappa shape index (κ2) is 9.13. The van der Waals surface area contributed by atoms with Gasteiger partial charge in [0, 0.05) is 26.2 Å². The second-order valence-electron chi connectivity index (χ2n) is 3.95. The van der Waals surface area contributed by atoms with E-state index in [0.29, 0.717) is 19.7 Å². The van der Waals surface area contributed by atoms with E-state index >= 15 is 0 Å². The Morgan fingerprint density at radius 1 is 1.00 bits per heavy atom. The molecular formula is C13H23N3O.